The van der Waals surface area contributed by atoms with E-state index in [-0.39, 0.29) is 0 Å². The SMILES string of the molecule is CCCC(NCC)C1CCCC(C)(C)CC1. The van der Waals surface area contributed by atoms with Gasteiger partial charge in [-0.3, -0.25) is 0 Å². The quantitative estimate of drug-likeness (QED) is 0.685. The van der Waals surface area contributed by atoms with E-state index in [9.17, 15) is 0 Å². The third-order valence-corrected chi connectivity index (χ3v) is 4.26. The lowest BCUT2D eigenvalue weighted by atomic mass is 9.83. The van der Waals surface area contributed by atoms with E-state index in [4.69, 9.17) is 0 Å². The lowest BCUT2D eigenvalue weighted by molar-refractivity contribution is 0.279. The van der Waals surface area contributed by atoms with Crippen molar-refractivity contribution < 1.29 is 0 Å². The second-order valence-electron chi connectivity index (χ2n) is 6.31. The molecule has 1 aliphatic rings. The van der Waals surface area contributed by atoms with E-state index in [0.29, 0.717) is 5.41 Å². The molecule has 1 saturated carbocycles. The first kappa shape index (κ1) is 14.0. The molecular formula is C15H31N. The van der Waals surface area contributed by atoms with Gasteiger partial charge < -0.3 is 5.32 Å². The first-order chi connectivity index (χ1) is 7.59. The molecule has 0 bridgehead atoms. The Labute approximate surface area is 102 Å². The largest absolute Gasteiger partial charge is 0.314 e. The Morgan fingerprint density at radius 1 is 1.19 bits per heavy atom. The van der Waals surface area contributed by atoms with Gasteiger partial charge in [0.1, 0.15) is 0 Å². The van der Waals surface area contributed by atoms with Crippen molar-refractivity contribution >= 4 is 0 Å². The summed E-state index contributed by atoms with van der Waals surface area (Å²) in [6.45, 7) is 10.6. The molecule has 1 heteroatoms. The first-order valence-corrected chi connectivity index (χ1v) is 7.32. The summed E-state index contributed by atoms with van der Waals surface area (Å²) in [4.78, 5) is 0. The zero-order valence-corrected chi connectivity index (χ0v) is 11.8. The fraction of sp³-hybridized carbons (Fsp3) is 1.00. The monoisotopic (exact) mass is 225 g/mol. The summed E-state index contributed by atoms with van der Waals surface area (Å²) in [7, 11) is 0. The van der Waals surface area contributed by atoms with E-state index >= 15 is 0 Å². The van der Waals surface area contributed by atoms with Crippen LogP contribution in [0.25, 0.3) is 0 Å². The molecule has 0 aromatic heterocycles. The predicted molar refractivity (Wildman–Crippen MR) is 72.7 cm³/mol. The molecule has 1 rings (SSSR count). The molecule has 1 nitrogen and oxygen atoms in total. The molecule has 0 heterocycles. The van der Waals surface area contributed by atoms with Gasteiger partial charge in [0.05, 0.1) is 0 Å². The first-order valence-electron chi connectivity index (χ1n) is 7.32. The van der Waals surface area contributed by atoms with E-state index < -0.39 is 0 Å². The maximum absolute atomic E-state index is 3.71. The molecule has 16 heavy (non-hydrogen) atoms. The Balaban J connectivity index is 2.50. The third kappa shape index (κ3) is 4.45. The van der Waals surface area contributed by atoms with Gasteiger partial charge in [0.15, 0.2) is 0 Å². The van der Waals surface area contributed by atoms with Gasteiger partial charge in [-0.15, -0.1) is 0 Å². The minimum absolute atomic E-state index is 0.595. The summed E-state index contributed by atoms with van der Waals surface area (Å²) in [6, 6.07) is 0.781. The van der Waals surface area contributed by atoms with Gasteiger partial charge in [-0.05, 0) is 50.0 Å². The van der Waals surface area contributed by atoms with Crippen molar-refractivity contribution in [2.24, 2.45) is 11.3 Å². The summed E-state index contributed by atoms with van der Waals surface area (Å²) in [6.07, 6.45) is 9.84. The second-order valence-corrected chi connectivity index (χ2v) is 6.31. The molecule has 1 fully saturated rings. The van der Waals surface area contributed by atoms with E-state index in [1.54, 1.807) is 0 Å². The van der Waals surface area contributed by atoms with Crippen LogP contribution < -0.4 is 5.32 Å². The standard InChI is InChI=1S/C15H31N/c1-5-8-14(16-6-2)13-9-7-11-15(3,4)12-10-13/h13-14,16H,5-12H2,1-4H3. The Morgan fingerprint density at radius 3 is 2.56 bits per heavy atom. The minimum Gasteiger partial charge on any atom is -0.314 e. The molecule has 2 atom stereocenters. The minimum atomic E-state index is 0.595. The maximum Gasteiger partial charge on any atom is 0.00951 e. The van der Waals surface area contributed by atoms with Crippen molar-refractivity contribution in [3.63, 3.8) is 0 Å². The highest BCUT2D eigenvalue weighted by molar-refractivity contribution is 4.82. The van der Waals surface area contributed by atoms with E-state index in [1.165, 1.54) is 44.9 Å². The summed E-state index contributed by atoms with van der Waals surface area (Å²) >= 11 is 0. The van der Waals surface area contributed by atoms with Crippen molar-refractivity contribution in [3.05, 3.63) is 0 Å². The van der Waals surface area contributed by atoms with Gasteiger partial charge in [0.25, 0.3) is 0 Å². The van der Waals surface area contributed by atoms with Gasteiger partial charge in [-0.25, -0.2) is 0 Å². The molecule has 0 aromatic carbocycles. The van der Waals surface area contributed by atoms with Gasteiger partial charge in [0, 0.05) is 6.04 Å². The highest BCUT2D eigenvalue weighted by Crippen LogP contribution is 2.37. The summed E-state index contributed by atoms with van der Waals surface area (Å²) < 4.78 is 0. The molecule has 96 valence electrons. The zero-order valence-electron chi connectivity index (χ0n) is 11.8. The van der Waals surface area contributed by atoms with Crippen LogP contribution in [0.2, 0.25) is 0 Å². The number of hydrogen-bond donors (Lipinski definition) is 1. The van der Waals surface area contributed by atoms with Crippen LogP contribution in [0, 0.1) is 11.3 Å². The Kier molecular flexibility index (Phi) is 5.82. The lowest BCUT2D eigenvalue weighted by Gasteiger charge is -2.27. The Bertz CT molecular complexity index is 180. The van der Waals surface area contributed by atoms with Gasteiger partial charge in [0.2, 0.25) is 0 Å². The van der Waals surface area contributed by atoms with Crippen molar-refractivity contribution in [1.29, 1.82) is 0 Å². The topological polar surface area (TPSA) is 12.0 Å². The van der Waals surface area contributed by atoms with Crippen LogP contribution in [0.3, 0.4) is 0 Å². The van der Waals surface area contributed by atoms with Crippen molar-refractivity contribution in [2.75, 3.05) is 6.54 Å². The van der Waals surface area contributed by atoms with Crippen LogP contribution in [-0.2, 0) is 0 Å². The lowest BCUT2D eigenvalue weighted by Crippen LogP contribution is -2.36. The molecule has 0 saturated heterocycles. The highest BCUT2D eigenvalue weighted by atomic mass is 14.9. The van der Waals surface area contributed by atoms with Crippen LogP contribution in [0.4, 0.5) is 0 Å². The molecule has 2 unspecified atom stereocenters. The normalized spacial score (nSPS) is 27.4. The van der Waals surface area contributed by atoms with E-state index in [2.05, 4.69) is 33.0 Å². The smallest absolute Gasteiger partial charge is 0.00951 e. The molecule has 1 N–H and O–H groups in total. The number of nitrogens with one attached hydrogen (secondary N) is 1. The Hall–Kier alpha value is -0.0400. The van der Waals surface area contributed by atoms with Crippen LogP contribution in [-0.4, -0.2) is 12.6 Å². The van der Waals surface area contributed by atoms with Gasteiger partial charge in [-0.2, -0.15) is 0 Å². The van der Waals surface area contributed by atoms with Crippen LogP contribution in [0.5, 0.6) is 0 Å². The predicted octanol–water partition coefficient (Wildman–Crippen LogP) is 4.37. The molecular weight excluding hydrogens is 194 g/mol. The van der Waals surface area contributed by atoms with Gasteiger partial charge >= 0.3 is 0 Å². The molecule has 1 aliphatic carbocycles. The molecule has 0 spiro atoms. The molecule has 0 aliphatic heterocycles. The number of hydrogen-bond acceptors (Lipinski definition) is 1. The van der Waals surface area contributed by atoms with E-state index in [0.717, 1.165) is 18.5 Å². The summed E-state index contributed by atoms with van der Waals surface area (Å²) in [5, 5.41) is 3.71. The highest BCUT2D eigenvalue weighted by Gasteiger charge is 2.28. The Morgan fingerprint density at radius 2 is 1.94 bits per heavy atom. The second kappa shape index (κ2) is 6.64. The molecule has 0 aromatic rings. The fourth-order valence-corrected chi connectivity index (χ4v) is 3.17. The molecule has 0 radical (unpaired) electrons. The average molecular weight is 225 g/mol. The van der Waals surface area contributed by atoms with Crippen molar-refractivity contribution in [2.45, 2.75) is 78.7 Å². The van der Waals surface area contributed by atoms with Gasteiger partial charge in [-0.1, -0.05) is 40.5 Å². The van der Waals surface area contributed by atoms with Crippen molar-refractivity contribution in [3.8, 4) is 0 Å². The number of rotatable bonds is 5. The zero-order chi connectivity index (χ0) is 12.0. The third-order valence-electron chi connectivity index (χ3n) is 4.26. The average Bonchev–Trinajstić information content (AvgIpc) is 2.39. The van der Waals surface area contributed by atoms with Crippen LogP contribution in [0.15, 0.2) is 0 Å². The summed E-state index contributed by atoms with van der Waals surface area (Å²) in [5.74, 6) is 0.932. The molecule has 0 amide bonds. The van der Waals surface area contributed by atoms with E-state index in [1.807, 2.05) is 0 Å². The fourth-order valence-electron chi connectivity index (χ4n) is 3.17. The van der Waals surface area contributed by atoms with Crippen LogP contribution >= 0.6 is 0 Å². The maximum atomic E-state index is 3.71. The van der Waals surface area contributed by atoms with Crippen LogP contribution in [0.1, 0.15) is 72.6 Å². The van der Waals surface area contributed by atoms with Crippen molar-refractivity contribution in [1.82, 2.24) is 5.32 Å². The summed E-state index contributed by atoms with van der Waals surface area (Å²) in [5.41, 5.74) is 0.595.